The van der Waals surface area contributed by atoms with Gasteiger partial charge in [-0.2, -0.15) is 5.10 Å². The zero-order valence-corrected chi connectivity index (χ0v) is 8.69. The van der Waals surface area contributed by atoms with Crippen LogP contribution in [-0.4, -0.2) is 20.9 Å². The summed E-state index contributed by atoms with van der Waals surface area (Å²) in [6.07, 6.45) is 0. The van der Waals surface area contributed by atoms with Gasteiger partial charge in [-0.15, -0.1) is 0 Å². The molecule has 2 aromatic rings. The summed E-state index contributed by atoms with van der Waals surface area (Å²) in [6, 6.07) is 5.89. The van der Waals surface area contributed by atoms with E-state index in [9.17, 15) is 4.79 Å². The van der Waals surface area contributed by atoms with E-state index in [0.29, 0.717) is 0 Å². The number of aryl methyl sites for hydroxylation is 2. The van der Waals surface area contributed by atoms with Crippen LogP contribution in [0.15, 0.2) is 18.2 Å². The third-order valence-corrected chi connectivity index (χ3v) is 2.52. The number of nitrogens with zero attached hydrogens (tertiary/aromatic N) is 2. The number of aromatic nitrogens is 2. The second-order valence-electron chi connectivity index (χ2n) is 3.61. The Labute approximate surface area is 87.1 Å². The average Bonchev–Trinajstić information content (AvgIpc) is 2.46. The molecule has 0 saturated heterocycles. The van der Waals surface area contributed by atoms with Crippen molar-refractivity contribution in [3.8, 4) is 0 Å². The van der Waals surface area contributed by atoms with E-state index in [1.54, 1.807) is 0 Å². The van der Waals surface area contributed by atoms with Gasteiger partial charge in [0, 0.05) is 11.1 Å². The number of carboxylic acid groups (broad SMARTS) is 1. The third kappa shape index (κ3) is 1.58. The van der Waals surface area contributed by atoms with Gasteiger partial charge in [-0.3, -0.25) is 9.48 Å². The number of hydrogen-bond acceptors (Lipinski definition) is 2. The Morgan fingerprint density at radius 3 is 2.80 bits per heavy atom. The number of benzene rings is 1. The van der Waals surface area contributed by atoms with Crippen molar-refractivity contribution in [1.82, 2.24) is 9.78 Å². The van der Waals surface area contributed by atoms with Crippen LogP contribution < -0.4 is 0 Å². The maximum Gasteiger partial charge on any atom is 0.325 e. The highest BCUT2D eigenvalue weighted by Crippen LogP contribution is 2.20. The Morgan fingerprint density at radius 2 is 2.20 bits per heavy atom. The van der Waals surface area contributed by atoms with Gasteiger partial charge in [0.1, 0.15) is 6.54 Å². The van der Waals surface area contributed by atoms with Crippen LogP contribution in [0.2, 0.25) is 0 Å². The SMILES string of the molecule is Cc1cccc2c(C)n(CC(=O)O)nc12. The van der Waals surface area contributed by atoms with Crippen molar-refractivity contribution in [2.24, 2.45) is 0 Å². The summed E-state index contributed by atoms with van der Waals surface area (Å²) in [5.74, 6) is -0.872. The first kappa shape index (κ1) is 9.71. The van der Waals surface area contributed by atoms with Crippen molar-refractivity contribution in [3.05, 3.63) is 29.5 Å². The monoisotopic (exact) mass is 204 g/mol. The van der Waals surface area contributed by atoms with Crippen molar-refractivity contribution >= 4 is 16.9 Å². The second-order valence-corrected chi connectivity index (χ2v) is 3.61. The quantitative estimate of drug-likeness (QED) is 0.810. The van der Waals surface area contributed by atoms with Crippen LogP contribution in [0.3, 0.4) is 0 Å². The minimum absolute atomic E-state index is 0.0834. The van der Waals surface area contributed by atoms with Gasteiger partial charge in [-0.1, -0.05) is 18.2 Å². The average molecular weight is 204 g/mol. The summed E-state index contributed by atoms with van der Waals surface area (Å²) in [6.45, 7) is 3.78. The molecule has 0 radical (unpaired) electrons. The van der Waals surface area contributed by atoms with E-state index < -0.39 is 5.97 Å². The van der Waals surface area contributed by atoms with Crippen molar-refractivity contribution in [3.63, 3.8) is 0 Å². The molecule has 0 aliphatic carbocycles. The lowest BCUT2D eigenvalue weighted by Gasteiger charge is -1.97. The number of fused-ring (bicyclic) bond motifs is 1. The number of hydrogen-bond donors (Lipinski definition) is 1. The van der Waals surface area contributed by atoms with E-state index in [2.05, 4.69) is 5.10 Å². The van der Waals surface area contributed by atoms with Crippen molar-refractivity contribution in [2.75, 3.05) is 0 Å². The van der Waals surface area contributed by atoms with Crippen LogP contribution in [0, 0.1) is 13.8 Å². The van der Waals surface area contributed by atoms with Gasteiger partial charge in [0.05, 0.1) is 5.52 Å². The summed E-state index contributed by atoms with van der Waals surface area (Å²) in [7, 11) is 0. The van der Waals surface area contributed by atoms with E-state index in [1.165, 1.54) is 4.68 Å². The molecule has 4 nitrogen and oxygen atoms in total. The molecule has 15 heavy (non-hydrogen) atoms. The fourth-order valence-corrected chi connectivity index (χ4v) is 1.70. The molecule has 0 aliphatic rings. The predicted octanol–water partition coefficient (Wildman–Crippen LogP) is 1.74. The maximum atomic E-state index is 10.6. The zero-order chi connectivity index (χ0) is 11.0. The van der Waals surface area contributed by atoms with Gasteiger partial charge in [0.2, 0.25) is 0 Å². The topological polar surface area (TPSA) is 55.1 Å². The second kappa shape index (κ2) is 3.38. The van der Waals surface area contributed by atoms with Crippen LogP contribution in [-0.2, 0) is 11.3 Å². The first-order valence-corrected chi connectivity index (χ1v) is 4.74. The molecular formula is C11H12N2O2. The highest BCUT2D eigenvalue weighted by atomic mass is 16.4. The third-order valence-electron chi connectivity index (χ3n) is 2.52. The van der Waals surface area contributed by atoms with Gasteiger partial charge in [-0.05, 0) is 19.4 Å². The molecule has 0 unspecified atom stereocenters. The minimum atomic E-state index is -0.872. The standard InChI is InChI=1S/C11H12N2O2/c1-7-4-3-5-9-8(2)13(6-10(14)15)12-11(7)9/h3-5H,6H2,1-2H3,(H,14,15). The van der Waals surface area contributed by atoms with E-state index in [4.69, 9.17) is 5.11 Å². The van der Waals surface area contributed by atoms with Crippen molar-refractivity contribution < 1.29 is 9.90 Å². The molecule has 1 N–H and O–H groups in total. The Morgan fingerprint density at radius 1 is 1.47 bits per heavy atom. The van der Waals surface area contributed by atoms with Crippen molar-refractivity contribution in [1.29, 1.82) is 0 Å². The van der Waals surface area contributed by atoms with Gasteiger partial charge < -0.3 is 5.11 Å². The first-order valence-electron chi connectivity index (χ1n) is 4.74. The predicted molar refractivity (Wildman–Crippen MR) is 56.8 cm³/mol. The lowest BCUT2D eigenvalue weighted by atomic mass is 10.1. The fourth-order valence-electron chi connectivity index (χ4n) is 1.70. The van der Waals surface area contributed by atoms with Crippen LogP contribution in [0.5, 0.6) is 0 Å². The minimum Gasteiger partial charge on any atom is -0.480 e. The Balaban J connectivity index is 2.64. The Bertz CT molecular complexity index is 529. The molecule has 0 aliphatic heterocycles. The number of rotatable bonds is 2. The molecule has 78 valence electrons. The highest BCUT2D eigenvalue weighted by Gasteiger charge is 2.10. The molecular weight excluding hydrogens is 192 g/mol. The Hall–Kier alpha value is -1.84. The summed E-state index contributed by atoms with van der Waals surface area (Å²) < 4.78 is 1.53. The molecule has 1 aromatic heterocycles. The Kier molecular flexibility index (Phi) is 2.19. The molecule has 0 amide bonds. The largest absolute Gasteiger partial charge is 0.480 e. The summed E-state index contributed by atoms with van der Waals surface area (Å²) in [5, 5.41) is 14.0. The van der Waals surface area contributed by atoms with E-state index >= 15 is 0 Å². The summed E-state index contributed by atoms with van der Waals surface area (Å²) in [5.41, 5.74) is 2.85. The molecule has 1 aromatic carbocycles. The van der Waals surface area contributed by atoms with Crippen LogP contribution in [0.1, 0.15) is 11.3 Å². The lowest BCUT2D eigenvalue weighted by molar-refractivity contribution is -0.137. The molecule has 0 saturated carbocycles. The van der Waals surface area contributed by atoms with Gasteiger partial charge >= 0.3 is 5.97 Å². The van der Waals surface area contributed by atoms with Crippen molar-refractivity contribution in [2.45, 2.75) is 20.4 Å². The van der Waals surface area contributed by atoms with Gasteiger partial charge in [0.15, 0.2) is 0 Å². The van der Waals surface area contributed by atoms with Crippen LogP contribution >= 0.6 is 0 Å². The molecule has 0 spiro atoms. The molecule has 4 heteroatoms. The normalized spacial score (nSPS) is 10.8. The highest BCUT2D eigenvalue weighted by molar-refractivity contribution is 5.84. The molecule has 2 rings (SSSR count). The first-order chi connectivity index (χ1) is 7.09. The number of carboxylic acids is 1. The van der Waals surface area contributed by atoms with Gasteiger partial charge in [-0.25, -0.2) is 0 Å². The smallest absolute Gasteiger partial charge is 0.325 e. The summed E-state index contributed by atoms with van der Waals surface area (Å²) in [4.78, 5) is 10.6. The van der Waals surface area contributed by atoms with E-state index in [-0.39, 0.29) is 6.54 Å². The number of carbonyl (C=O) groups is 1. The lowest BCUT2D eigenvalue weighted by Crippen LogP contribution is -2.11. The molecule has 1 heterocycles. The van der Waals surface area contributed by atoms with Crippen LogP contribution in [0.25, 0.3) is 10.9 Å². The van der Waals surface area contributed by atoms with E-state index in [1.807, 2.05) is 32.0 Å². The fraction of sp³-hybridized carbons (Fsp3) is 0.273. The van der Waals surface area contributed by atoms with E-state index in [0.717, 1.165) is 22.2 Å². The zero-order valence-electron chi connectivity index (χ0n) is 8.69. The van der Waals surface area contributed by atoms with Gasteiger partial charge in [0.25, 0.3) is 0 Å². The summed E-state index contributed by atoms with van der Waals surface area (Å²) >= 11 is 0. The molecule has 0 fully saturated rings. The van der Waals surface area contributed by atoms with Crippen LogP contribution in [0.4, 0.5) is 0 Å². The molecule has 0 atom stereocenters. The maximum absolute atomic E-state index is 10.6. The number of aliphatic carboxylic acids is 1. The molecule has 0 bridgehead atoms.